The second-order valence-corrected chi connectivity index (χ2v) is 6.58. The lowest BCUT2D eigenvalue weighted by Crippen LogP contribution is -2.35. The molecule has 0 aliphatic carbocycles. The van der Waals surface area contributed by atoms with E-state index in [-0.39, 0.29) is 10.5 Å². The van der Waals surface area contributed by atoms with Crippen LogP contribution in [-0.2, 0) is 10.0 Å². The van der Waals surface area contributed by atoms with Crippen molar-refractivity contribution in [3.8, 4) is 0 Å². The molecule has 0 fully saturated rings. The number of halogens is 2. The topological polar surface area (TPSA) is 86.7 Å². The van der Waals surface area contributed by atoms with Crippen LogP contribution in [0.15, 0.2) is 29.2 Å². The summed E-state index contributed by atoms with van der Waals surface area (Å²) in [5, 5.41) is 11.0. The first-order valence-electron chi connectivity index (χ1n) is 5.93. The number of carbonyl (C=O) groups excluding carboxylic acids is 1. The minimum atomic E-state index is -3.69. The smallest absolute Gasteiger partial charge is 0.265 e. The average molecular weight is 322 g/mol. The molecule has 0 radical (unpaired) electrons. The Morgan fingerprint density at radius 3 is 2.52 bits per heavy atom. The quantitative estimate of drug-likeness (QED) is 0.788. The third kappa shape index (κ3) is 4.45. The standard InChI is InChI=1S/C12H16F2N2O4S/c1-16(2)21(19,20)9-5-3-4-8(6-9)12(18)15-7-10(17)11(13)14/h3-6,10-11,17H,7H2,1-2H3,(H,15,18)/t10-/m0/s1. The summed E-state index contributed by atoms with van der Waals surface area (Å²) in [5.74, 6) is -0.745. The zero-order chi connectivity index (χ0) is 16.2. The van der Waals surface area contributed by atoms with E-state index in [0.717, 1.165) is 10.4 Å². The van der Waals surface area contributed by atoms with Crippen LogP contribution in [0.1, 0.15) is 10.4 Å². The molecule has 1 rings (SSSR count). The fourth-order valence-corrected chi connectivity index (χ4v) is 2.35. The second-order valence-electron chi connectivity index (χ2n) is 4.43. The van der Waals surface area contributed by atoms with Gasteiger partial charge in [-0.15, -0.1) is 0 Å². The lowest BCUT2D eigenvalue weighted by atomic mass is 10.2. The van der Waals surface area contributed by atoms with E-state index < -0.39 is 35.0 Å². The van der Waals surface area contributed by atoms with Gasteiger partial charge in [-0.1, -0.05) is 6.07 Å². The van der Waals surface area contributed by atoms with E-state index in [1.165, 1.54) is 32.3 Å². The molecule has 1 aromatic carbocycles. The molecule has 0 aromatic heterocycles. The molecule has 0 spiro atoms. The number of hydrogen-bond donors (Lipinski definition) is 2. The Bertz CT molecular complexity index is 605. The van der Waals surface area contributed by atoms with Gasteiger partial charge in [0.2, 0.25) is 10.0 Å². The van der Waals surface area contributed by atoms with E-state index >= 15 is 0 Å². The van der Waals surface area contributed by atoms with Gasteiger partial charge in [0.05, 0.1) is 4.90 Å². The van der Waals surface area contributed by atoms with Crippen molar-refractivity contribution in [1.82, 2.24) is 9.62 Å². The van der Waals surface area contributed by atoms with Crippen LogP contribution in [0.2, 0.25) is 0 Å². The van der Waals surface area contributed by atoms with Crippen molar-refractivity contribution in [3.05, 3.63) is 29.8 Å². The fraction of sp³-hybridized carbons (Fsp3) is 0.417. The molecule has 1 atom stereocenters. The van der Waals surface area contributed by atoms with Crippen molar-refractivity contribution >= 4 is 15.9 Å². The number of carbonyl (C=O) groups is 1. The number of nitrogens with one attached hydrogen (secondary N) is 1. The van der Waals surface area contributed by atoms with Crippen molar-refractivity contribution < 1.29 is 27.1 Å². The van der Waals surface area contributed by atoms with Crippen LogP contribution >= 0.6 is 0 Å². The molecule has 118 valence electrons. The highest BCUT2D eigenvalue weighted by atomic mass is 32.2. The lowest BCUT2D eigenvalue weighted by Gasteiger charge is -2.13. The molecule has 9 heteroatoms. The van der Waals surface area contributed by atoms with Crippen LogP contribution in [0.4, 0.5) is 8.78 Å². The van der Waals surface area contributed by atoms with E-state index in [9.17, 15) is 22.0 Å². The van der Waals surface area contributed by atoms with Gasteiger partial charge in [0.15, 0.2) is 0 Å². The molecular formula is C12H16F2N2O4S. The Labute approximate surface area is 121 Å². The summed E-state index contributed by atoms with van der Waals surface area (Å²) < 4.78 is 49.0. The Hall–Kier alpha value is -1.58. The fourth-order valence-electron chi connectivity index (χ4n) is 1.40. The molecule has 1 aromatic rings. The van der Waals surface area contributed by atoms with Crippen molar-refractivity contribution in [3.63, 3.8) is 0 Å². The summed E-state index contributed by atoms with van der Waals surface area (Å²) >= 11 is 0. The molecule has 2 N–H and O–H groups in total. The van der Waals surface area contributed by atoms with Crippen molar-refractivity contribution in [2.45, 2.75) is 17.4 Å². The largest absolute Gasteiger partial charge is 0.385 e. The maximum absolute atomic E-state index is 12.1. The SMILES string of the molecule is CN(C)S(=O)(=O)c1cccc(C(=O)NC[C@H](O)C(F)F)c1. The molecule has 0 aliphatic heterocycles. The highest BCUT2D eigenvalue weighted by Crippen LogP contribution is 2.14. The minimum Gasteiger partial charge on any atom is -0.385 e. The summed E-state index contributed by atoms with van der Waals surface area (Å²) in [4.78, 5) is 11.7. The average Bonchev–Trinajstić information content (AvgIpc) is 2.44. The van der Waals surface area contributed by atoms with Crippen molar-refractivity contribution in [1.29, 1.82) is 0 Å². The van der Waals surface area contributed by atoms with E-state index in [0.29, 0.717) is 0 Å². The Morgan fingerprint density at radius 2 is 2.00 bits per heavy atom. The van der Waals surface area contributed by atoms with Gasteiger partial charge in [-0.05, 0) is 18.2 Å². The van der Waals surface area contributed by atoms with Crippen LogP contribution in [0.25, 0.3) is 0 Å². The van der Waals surface area contributed by atoms with Gasteiger partial charge in [-0.3, -0.25) is 4.79 Å². The molecule has 0 aliphatic rings. The van der Waals surface area contributed by atoms with Gasteiger partial charge in [-0.25, -0.2) is 21.5 Å². The summed E-state index contributed by atoms with van der Waals surface area (Å²) in [6.07, 6.45) is -4.94. The van der Waals surface area contributed by atoms with Gasteiger partial charge in [0, 0.05) is 26.2 Å². The molecule has 0 saturated carbocycles. The third-order valence-corrected chi connectivity index (χ3v) is 4.45. The predicted molar refractivity (Wildman–Crippen MR) is 71.7 cm³/mol. The van der Waals surface area contributed by atoms with Crippen LogP contribution in [0.3, 0.4) is 0 Å². The number of amides is 1. The van der Waals surface area contributed by atoms with E-state index in [4.69, 9.17) is 5.11 Å². The number of aliphatic hydroxyl groups excluding tert-OH is 1. The number of nitrogens with zero attached hydrogens (tertiary/aromatic N) is 1. The zero-order valence-electron chi connectivity index (χ0n) is 11.5. The third-order valence-electron chi connectivity index (χ3n) is 2.64. The van der Waals surface area contributed by atoms with Crippen LogP contribution in [-0.4, -0.2) is 56.9 Å². The maximum atomic E-state index is 12.1. The number of benzene rings is 1. The summed E-state index contributed by atoms with van der Waals surface area (Å²) in [6, 6.07) is 5.17. The van der Waals surface area contributed by atoms with Gasteiger partial charge < -0.3 is 10.4 Å². The molecule has 0 unspecified atom stereocenters. The Morgan fingerprint density at radius 1 is 1.38 bits per heavy atom. The summed E-state index contributed by atoms with van der Waals surface area (Å²) in [7, 11) is -0.997. The second kappa shape index (κ2) is 6.92. The van der Waals surface area contributed by atoms with Crippen LogP contribution < -0.4 is 5.32 Å². The number of rotatable bonds is 6. The first kappa shape index (κ1) is 17.5. The molecule has 0 heterocycles. The van der Waals surface area contributed by atoms with Gasteiger partial charge in [0.1, 0.15) is 6.10 Å². The molecular weight excluding hydrogens is 306 g/mol. The molecule has 1 amide bonds. The summed E-state index contributed by atoms with van der Waals surface area (Å²) in [6.45, 7) is -0.624. The number of alkyl halides is 2. The number of sulfonamides is 1. The van der Waals surface area contributed by atoms with Gasteiger partial charge >= 0.3 is 0 Å². The monoisotopic (exact) mass is 322 g/mol. The van der Waals surface area contributed by atoms with E-state index in [2.05, 4.69) is 5.32 Å². The van der Waals surface area contributed by atoms with E-state index in [1.807, 2.05) is 0 Å². The summed E-state index contributed by atoms with van der Waals surface area (Å²) in [5.41, 5.74) is -0.000564. The van der Waals surface area contributed by atoms with Crippen LogP contribution in [0.5, 0.6) is 0 Å². The number of aliphatic hydroxyl groups is 1. The molecule has 0 bridgehead atoms. The van der Waals surface area contributed by atoms with E-state index in [1.54, 1.807) is 0 Å². The normalized spacial score (nSPS) is 13.5. The minimum absolute atomic E-state index is 0.000564. The first-order valence-corrected chi connectivity index (χ1v) is 7.37. The molecule has 0 saturated heterocycles. The van der Waals surface area contributed by atoms with Gasteiger partial charge in [0.25, 0.3) is 12.3 Å². The first-order chi connectivity index (χ1) is 9.66. The Balaban J connectivity index is 2.88. The maximum Gasteiger partial charge on any atom is 0.265 e. The molecule has 21 heavy (non-hydrogen) atoms. The van der Waals surface area contributed by atoms with Gasteiger partial charge in [-0.2, -0.15) is 0 Å². The van der Waals surface area contributed by atoms with Crippen molar-refractivity contribution in [2.75, 3.05) is 20.6 Å². The predicted octanol–water partition coefficient (Wildman–Crippen LogP) is 0.293. The molecule has 6 nitrogen and oxygen atoms in total. The highest BCUT2D eigenvalue weighted by Gasteiger charge is 2.20. The highest BCUT2D eigenvalue weighted by molar-refractivity contribution is 7.89. The zero-order valence-corrected chi connectivity index (χ0v) is 12.3. The number of hydrogen-bond acceptors (Lipinski definition) is 4. The van der Waals surface area contributed by atoms with Crippen molar-refractivity contribution in [2.24, 2.45) is 0 Å². The lowest BCUT2D eigenvalue weighted by molar-refractivity contribution is -0.00270. The van der Waals surface area contributed by atoms with Crippen LogP contribution in [0, 0.1) is 0 Å². The Kier molecular flexibility index (Phi) is 5.76.